The Balaban J connectivity index is 2.23. The van der Waals surface area contributed by atoms with Crippen LogP contribution in [0, 0.1) is 0 Å². The number of pyridine rings is 1. The number of nitrogens with one attached hydrogen (secondary N) is 1. The van der Waals surface area contributed by atoms with E-state index in [-0.39, 0.29) is 0 Å². The fourth-order valence-electron chi connectivity index (χ4n) is 1.85. The second kappa shape index (κ2) is 3.38. The quantitative estimate of drug-likeness (QED) is 0.605. The molecule has 0 saturated heterocycles. The van der Waals surface area contributed by atoms with Crippen LogP contribution in [-0.4, -0.2) is 9.97 Å². The Bertz CT molecular complexity index is 607. The van der Waals surface area contributed by atoms with Gasteiger partial charge in [-0.05, 0) is 24.3 Å². The number of nitrogen functional groups attached to an aromatic ring is 1. The average Bonchev–Trinajstić information content (AvgIpc) is 2.73. The first-order valence-corrected chi connectivity index (χ1v) is 5.13. The van der Waals surface area contributed by atoms with Crippen molar-refractivity contribution in [1.29, 1.82) is 0 Å². The molecule has 3 rings (SSSR count). The second-order valence-electron chi connectivity index (χ2n) is 3.71. The molecule has 0 spiro atoms. The Kier molecular flexibility index (Phi) is 1.90. The SMILES string of the molecule is Nc1ccccc1-c1cc2cccnc2[nH]1. The summed E-state index contributed by atoms with van der Waals surface area (Å²) in [5.74, 6) is 0. The smallest absolute Gasteiger partial charge is 0.137 e. The predicted molar refractivity (Wildman–Crippen MR) is 65.9 cm³/mol. The van der Waals surface area contributed by atoms with Crippen LogP contribution < -0.4 is 5.73 Å². The highest BCUT2D eigenvalue weighted by Gasteiger charge is 2.05. The van der Waals surface area contributed by atoms with Gasteiger partial charge in [0.2, 0.25) is 0 Å². The van der Waals surface area contributed by atoms with Gasteiger partial charge in [-0.3, -0.25) is 0 Å². The van der Waals surface area contributed by atoms with E-state index in [9.17, 15) is 0 Å². The standard InChI is InChI=1S/C13H11N3/c14-11-6-2-1-5-10(11)12-8-9-4-3-7-15-13(9)16-12/h1-8H,14H2,(H,15,16). The Morgan fingerprint density at radius 1 is 1.06 bits per heavy atom. The number of anilines is 1. The van der Waals surface area contributed by atoms with Gasteiger partial charge in [0.15, 0.2) is 0 Å². The summed E-state index contributed by atoms with van der Waals surface area (Å²) in [5, 5.41) is 1.10. The van der Waals surface area contributed by atoms with Crippen LogP contribution in [-0.2, 0) is 0 Å². The van der Waals surface area contributed by atoms with Gasteiger partial charge in [0.1, 0.15) is 5.65 Å². The molecule has 0 bridgehead atoms. The van der Waals surface area contributed by atoms with Gasteiger partial charge in [-0.2, -0.15) is 0 Å². The van der Waals surface area contributed by atoms with Crippen LogP contribution in [0.4, 0.5) is 5.69 Å². The lowest BCUT2D eigenvalue weighted by Crippen LogP contribution is -1.88. The number of aromatic amines is 1. The summed E-state index contributed by atoms with van der Waals surface area (Å²) in [6.07, 6.45) is 1.77. The number of rotatable bonds is 1. The van der Waals surface area contributed by atoms with Crippen LogP contribution in [0.15, 0.2) is 48.7 Å². The predicted octanol–water partition coefficient (Wildman–Crippen LogP) is 2.81. The van der Waals surface area contributed by atoms with Crippen LogP contribution in [0.3, 0.4) is 0 Å². The summed E-state index contributed by atoms with van der Waals surface area (Å²) in [6.45, 7) is 0. The number of hydrogen-bond acceptors (Lipinski definition) is 2. The molecule has 2 aromatic heterocycles. The Morgan fingerprint density at radius 3 is 2.75 bits per heavy atom. The van der Waals surface area contributed by atoms with Crippen LogP contribution >= 0.6 is 0 Å². The van der Waals surface area contributed by atoms with E-state index < -0.39 is 0 Å². The summed E-state index contributed by atoms with van der Waals surface area (Å²) in [6, 6.07) is 13.8. The van der Waals surface area contributed by atoms with Crippen molar-refractivity contribution >= 4 is 16.7 Å². The lowest BCUT2D eigenvalue weighted by atomic mass is 10.1. The molecule has 1 aromatic carbocycles. The first-order valence-electron chi connectivity index (χ1n) is 5.13. The lowest BCUT2D eigenvalue weighted by molar-refractivity contribution is 1.32. The minimum Gasteiger partial charge on any atom is -0.398 e. The molecule has 78 valence electrons. The maximum absolute atomic E-state index is 5.93. The summed E-state index contributed by atoms with van der Waals surface area (Å²) in [5.41, 5.74) is 9.62. The maximum atomic E-state index is 5.93. The van der Waals surface area contributed by atoms with Crippen molar-refractivity contribution in [1.82, 2.24) is 9.97 Å². The molecule has 3 heteroatoms. The molecule has 0 unspecified atom stereocenters. The lowest BCUT2D eigenvalue weighted by Gasteiger charge is -2.01. The zero-order valence-corrected chi connectivity index (χ0v) is 8.64. The van der Waals surface area contributed by atoms with Crippen molar-refractivity contribution in [2.24, 2.45) is 0 Å². The van der Waals surface area contributed by atoms with Crippen molar-refractivity contribution in [2.75, 3.05) is 5.73 Å². The zero-order chi connectivity index (χ0) is 11.0. The Hall–Kier alpha value is -2.29. The van der Waals surface area contributed by atoms with Gasteiger partial charge in [0.25, 0.3) is 0 Å². The largest absolute Gasteiger partial charge is 0.398 e. The van der Waals surface area contributed by atoms with Gasteiger partial charge in [-0.15, -0.1) is 0 Å². The summed E-state index contributed by atoms with van der Waals surface area (Å²) >= 11 is 0. The Labute approximate surface area is 92.9 Å². The first-order chi connectivity index (χ1) is 7.84. The summed E-state index contributed by atoms with van der Waals surface area (Å²) in [7, 11) is 0. The van der Waals surface area contributed by atoms with Crippen molar-refractivity contribution in [3.05, 3.63) is 48.7 Å². The highest BCUT2D eigenvalue weighted by atomic mass is 14.9. The van der Waals surface area contributed by atoms with Gasteiger partial charge in [-0.25, -0.2) is 4.98 Å². The molecular weight excluding hydrogens is 198 g/mol. The third-order valence-electron chi connectivity index (χ3n) is 2.64. The fraction of sp³-hybridized carbons (Fsp3) is 0. The third kappa shape index (κ3) is 1.34. The number of nitrogens with two attached hydrogens (primary N) is 1. The topological polar surface area (TPSA) is 54.7 Å². The zero-order valence-electron chi connectivity index (χ0n) is 8.64. The molecule has 0 aliphatic carbocycles. The summed E-state index contributed by atoms with van der Waals surface area (Å²) in [4.78, 5) is 7.52. The highest BCUT2D eigenvalue weighted by molar-refractivity contribution is 5.86. The Morgan fingerprint density at radius 2 is 1.94 bits per heavy atom. The molecule has 0 aliphatic rings. The van der Waals surface area contributed by atoms with Gasteiger partial charge < -0.3 is 10.7 Å². The van der Waals surface area contributed by atoms with E-state index in [1.807, 2.05) is 36.4 Å². The number of hydrogen-bond donors (Lipinski definition) is 2. The molecule has 0 saturated carbocycles. The molecule has 3 N–H and O–H groups in total. The molecule has 0 radical (unpaired) electrons. The fourth-order valence-corrected chi connectivity index (χ4v) is 1.85. The van der Waals surface area contributed by atoms with Crippen molar-refractivity contribution < 1.29 is 0 Å². The van der Waals surface area contributed by atoms with Crippen molar-refractivity contribution in [3.63, 3.8) is 0 Å². The monoisotopic (exact) mass is 209 g/mol. The third-order valence-corrected chi connectivity index (χ3v) is 2.64. The molecule has 0 fully saturated rings. The number of para-hydroxylation sites is 1. The van der Waals surface area contributed by atoms with E-state index in [2.05, 4.69) is 16.0 Å². The molecule has 16 heavy (non-hydrogen) atoms. The number of nitrogens with zero attached hydrogens (tertiary/aromatic N) is 1. The number of fused-ring (bicyclic) bond motifs is 1. The maximum Gasteiger partial charge on any atom is 0.137 e. The van der Waals surface area contributed by atoms with E-state index in [0.29, 0.717) is 0 Å². The molecule has 3 aromatic rings. The molecule has 0 amide bonds. The summed E-state index contributed by atoms with van der Waals surface area (Å²) < 4.78 is 0. The van der Waals surface area contributed by atoms with E-state index in [4.69, 9.17) is 5.73 Å². The minimum atomic E-state index is 0.772. The molecule has 0 atom stereocenters. The molecule has 3 nitrogen and oxygen atoms in total. The van der Waals surface area contributed by atoms with Crippen LogP contribution in [0.2, 0.25) is 0 Å². The number of H-pyrrole nitrogens is 1. The van der Waals surface area contributed by atoms with Crippen LogP contribution in [0.5, 0.6) is 0 Å². The normalized spacial score (nSPS) is 10.8. The van der Waals surface area contributed by atoms with E-state index in [1.165, 1.54) is 0 Å². The van der Waals surface area contributed by atoms with Crippen LogP contribution in [0.25, 0.3) is 22.3 Å². The highest BCUT2D eigenvalue weighted by Crippen LogP contribution is 2.27. The van der Waals surface area contributed by atoms with Gasteiger partial charge in [0.05, 0.1) is 0 Å². The molecular formula is C13H11N3. The number of benzene rings is 1. The van der Waals surface area contributed by atoms with Crippen molar-refractivity contribution in [3.8, 4) is 11.3 Å². The minimum absolute atomic E-state index is 0.772. The van der Waals surface area contributed by atoms with Crippen molar-refractivity contribution in [2.45, 2.75) is 0 Å². The average molecular weight is 209 g/mol. The van der Waals surface area contributed by atoms with E-state index in [0.717, 1.165) is 28.0 Å². The van der Waals surface area contributed by atoms with E-state index in [1.54, 1.807) is 6.20 Å². The van der Waals surface area contributed by atoms with Gasteiger partial charge in [0, 0.05) is 28.5 Å². The van der Waals surface area contributed by atoms with E-state index >= 15 is 0 Å². The molecule has 2 heterocycles. The molecule has 0 aliphatic heterocycles. The second-order valence-corrected chi connectivity index (χ2v) is 3.71. The van der Waals surface area contributed by atoms with Gasteiger partial charge >= 0.3 is 0 Å². The number of aromatic nitrogens is 2. The van der Waals surface area contributed by atoms with Crippen LogP contribution in [0.1, 0.15) is 0 Å². The first kappa shape index (κ1) is 8.97. The van der Waals surface area contributed by atoms with Gasteiger partial charge in [-0.1, -0.05) is 18.2 Å².